The Morgan fingerprint density at radius 3 is 2.47 bits per heavy atom. The minimum Gasteiger partial charge on any atom is -0.306 e. The van der Waals surface area contributed by atoms with Gasteiger partial charge in [-0.05, 0) is 64.9 Å². The molecule has 0 saturated heterocycles. The molecule has 1 atom stereocenters. The van der Waals surface area contributed by atoms with Gasteiger partial charge in [-0.1, -0.05) is 48.9 Å². The van der Waals surface area contributed by atoms with Gasteiger partial charge in [0.25, 0.3) is 0 Å². The number of rotatable bonds is 4. The Bertz CT molecular complexity index is 551. The molecule has 1 nitrogen and oxygen atoms in total. The Balaban J connectivity index is 2.45. The van der Waals surface area contributed by atoms with E-state index in [4.69, 9.17) is 11.6 Å². The van der Waals surface area contributed by atoms with Gasteiger partial charge in [0.05, 0.1) is 6.04 Å². The summed E-state index contributed by atoms with van der Waals surface area (Å²) in [6.07, 6.45) is 0. The van der Waals surface area contributed by atoms with Gasteiger partial charge in [0.15, 0.2) is 0 Å². The summed E-state index contributed by atoms with van der Waals surface area (Å²) < 4.78 is 1.32. The van der Waals surface area contributed by atoms with Crippen molar-refractivity contribution in [3.05, 3.63) is 67.7 Å². The molecular formula is C16H17ClIN. The molecule has 2 rings (SSSR count). The van der Waals surface area contributed by atoms with Gasteiger partial charge in [-0.3, -0.25) is 0 Å². The van der Waals surface area contributed by atoms with Gasteiger partial charge in [-0.2, -0.15) is 0 Å². The third-order valence-electron chi connectivity index (χ3n) is 3.14. The average Bonchev–Trinajstić information content (AvgIpc) is 2.41. The first kappa shape index (κ1) is 14.8. The van der Waals surface area contributed by atoms with Gasteiger partial charge < -0.3 is 5.32 Å². The maximum Gasteiger partial charge on any atom is 0.0587 e. The van der Waals surface area contributed by atoms with E-state index in [0.717, 1.165) is 11.6 Å². The molecule has 1 N–H and O–H groups in total. The van der Waals surface area contributed by atoms with Crippen molar-refractivity contribution >= 4 is 34.2 Å². The zero-order valence-corrected chi connectivity index (χ0v) is 14.0. The standard InChI is InChI=1S/C16H17ClIN/c1-3-19-16(12-7-9-13(17)10-8-12)14-6-4-5-11(2)15(14)18/h4-10,16,19H,3H2,1-2H3. The van der Waals surface area contributed by atoms with Crippen LogP contribution in [0.1, 0.15) is 29.7 Å². The molecular weight excluding hydrogens is 369 g/mol. The fraction of sp³-hybridized carbons (Fsp3) is 0.250. The summed E-state index contributed by atoms with van der Waals surface area (Å²) in [7, 11) is 0. The highest BCUT2D eigenvalue weighted by Crippen LogP contribution is 2.28. The summed E-state index contributed by atoms with van der Waals surface area (Å²) in [6.45, 7) is 5.21. The van der Waals surface area contributed by atoms with Crippen molar-refractivity contribution in [2.24, 2.45) is 0 Å². The Hall–Kier alpha value is -0.580. The van der Waals surface area contributed by atoms with Gasteiger partial charge in [-0.15, -0.1) is 0 Å². The molecule has 0 aliphatic heterocycles. The summed E-state index contributed by atoms with van der Waals surface area (Å²) in [5, 5.41) is 4.33. The van der Waals surface area contributed by atoms with Crippen molar-refractivity contribution in [2.75, 3.05) is 6.54 Å². The van der Waals surface area contributed by atoms with Crippen molar-refractivity contribution < 1.29 is 0 Å². The van der Waals surface area contributed by atoms with E-state index in [0.29, 0.717) is 0 Å². The average molecular weight is 386 g/mol. The van der Waals surface area contributed by atoms with Crippen molar-refractivity contribution in [3.8, 4) is 0 Å². The summed E-state index contributed by atoms with van der Waals surface area (Å²) in [5.41, 5.74) is 3.88. The maximum atomic E-state index is 5.97. The molecule has 0 aliphatic carbocycles. The first-order valence-electron chi connectivity index (χ1n) is 6.37. The van der Waals surface area contributed by atoms with Crippen LogP contribution in [0.25, 0.3) is 0 Å². The van der Waals surface area contributed by atoms with E-state index in [9.17, 15) is 0 Å². The van der Waals surface area contributed by atoms with Gasteiger partial charge in [0, 0.05) is 8.59 Å². The molecule has 0 amide bonds. The van der Waals surface area contributed by atoms with Crippen molar-refractivity contribution in [2.45, 2.75) is 19.9 Å². The van der Waals surface area contributed by atoms with Crippen LogP contribution >= 0.6 is 34.2 Å². The third kappa shape index (κ3) is 3.50. The normalized spacial score (nSPS) is 12.4. The summed E-state index contributed by atoms with van der Waals surface area (Å²) >= 11 is 8.40. The van der Waals surface area contributed by atoms with Crippen molar-refractivity contribution in [1.29, 1.82) is 0 Å². The molecule has 100 valence electrons. The molecule has 2 aromatic carbocycles. The number of hydrogen-bond acceptors (Lipinski definition) is 1. The van der Waals surface area contributed by atoms with Gasteiger partial charge in [-0.25, -0.2) is 0 Å². The van der Waals surface area contributed by atoms with Crippen LogP contribution in [0.4, 0.5) is 0 Å². The SMILES string of the molecule is CCNC(c1ccc(Cl)cc1)c1cccc(C)c1I. The second-order valence-electron chi connectivity index (χ2n) is 4.52. The maximum absolute atomic E-state index is 5.97. The Morgan fingerprint density at radius 2 is 1.84 bits per heavy atom. The number of hydrogen-bond donors (Lipinski definition) is 1. The Kier molecular flexibility index (Phi) is 5.25. The monoisotopic (exact) mass is 385 g/mol. The predicted molar refractivity (Wildman–Crippen MR) is 90.9 cm³/mol. The third-order valence-corrected chi connectivity index (χ3v) is 4.87. The highest BCUT2D eigenvalue weighted by atomic mass is 127. The second-order valence-corrected chi connectivity index (χ2v) is 6.04. The van der Waals surface area contributed by atoms with Crippen LogP contribution in [0.5, 0.6) is 0 Å². The van der Waals surface area contributed by atoms with E-state index in [-0.39, 0.29) is 6.04 Å². The summed E-state index contributed by atoms with van der Waals surface area (Å²) in [6, 6.07) is 14.8. The fourth-order valence-electron chi connectivity index (χ4n) is 2.16. The van der Waals surface area contributed by atoms with Crippen LogP contribution in [-0.4, -0.2) is 6.54 Å². The molecule has 0 aliphatic rings. The van der Waals surface area contributed by atoms with E-state index < -0.39 is 0 Å². The van der Waals surface area contributed by atoms with Crippen LogP contribution in [0.15, 0.2) is 42.5 Å². The van der Waals surface area contributed by atoms with Crippen molar-refractivity contribution in [3.63, 3.8) is 0 Å². The number of aryl methyl sites for hydroxylation is 1. The molecule has 0 fully saturated rings. The molecule has 2 aromatic rings. The smallest absolute Gasteiger partial charge is 0.0587 e. The van der Waals surface area contributed by atoms with E-state index >= 15 is 0 Å². The lowest BCUT2D eigenvalue weighted by molar-refractivity contribution is 0.628. The molecule has 0 spiro atoms. The van der Waals surface area contributed by atoms with Crippen LogP contribution < -0.4 is 5.32 Å². The second kappa shape index (κ2) is 6.73. The lowest BCUT2D eigenvalue weighted by atomic mass is 9.97. The lowest BCUT2D eigenvalue weighted by Gasteiger charge is -2.21. The highest BCUT2D eigenvalue weighted by molar-refractivity contribution is 14.1. The lowest BCUT2D eigenvalue weighted by Crippen LogP contribution is -2.23. The Morgan fingerprint density at radius 1 is 1.16 bits per heavy atom. The molecule has 0 radical (unpaired) electrons. The summed E-state index contributed by atoms with van der Waals surface area (Å²) in [4.78, 5) is 0. The molecule has 0 heterocycles. The molecule has 0 bridgehead atoms. The largest absolute Gasteiger partial charge is 0.306 e. The molecule has 0 saturated carbocycles. The first-order valence-corrected chi connectivity index (χ1v) is 7.83. The molecule has 3 heteroatoms. The zero-order chi connectivity index (χ0) is 13.8. The van der Waals surface area contributed by atoms with Gasteiger partial charge in [0.2, 0.25) is 0 Å². The van der Waals surface area contributed by atoms with E-state index in [1.165, 1.54) is 20.3 Å². The number of nitrogens with one attached hydrogen (secondary N) is 1. The van der Waals surface area contributed by atoms with E-state index in [1.807, 2.05) is 12.1 Å². The van der Waals surface area contributed by atoms with Crippen LogP contribution in [0, 0.1) is 10.5 Å². The molecule has 0 aromatic heterocycles. The minimum absolute atomic E-state index is 0.217. The van der Waals surface area contributed by atoms with Crippen LogP contribution in [0.2, 0.25) is 5.02 Å². The van der Waals surface area contributed by atoms with Gasteiger partial charge in [0.1, 0.15) is 0 Å². The molecule has 19 heavy (non-hydrogen) atoms. The number of halogens is 2. The van der Waals surface area contributed by atoms with Crippen molar-refractivity contribution in [1.82, 2.24) is 5.32 Å². The zero-order valence-electron chi connectivity index (χ0n) is 11.1. The first-order chi connectivity index (χ1) is 9.13. The number of benzene rings is 2. The fourth-order valence-corrected chi connectivity index (χ4v) is 2.96. The predicted octanol–water partition coefficient (Wildman–Crippen LogP) is 4.95. The molecule has 1 unspecified atom stereocenters. The van der Waals surface area contributed by atoms with Crippen LogP contribution in [-0.2, 0) is 0 Å². The quantitative estimate of drug-likeness (QED) is 0.734. The summed E-state index contributed by atoms with van der Waals surface area (Å²) in [5.74, 6) is 0. The Labute approximate surface area is 133 Å². The topological polar surface area (TPSA) is 12.0 Å². The van der Waals surface area contributed by atoms with Crippen LogP contribution in [0.3, 0.4) is 0 Å². The minimum atomic E-state index is 0.217. The van der Waals surface area contributed by atoms with E-state index in [2.05, 4.69) is 72.1 Å². The van der Waals surface area contributed by atoms with E-state index in [1.54, 1.807) is 0 Å². The highest BCUT2D eigenvalue weighted by Gasteiger charge is 2.16. The van der Waals surface area contributed by atoms with Gasteiger partial charge >= 0.3 is 0 Å².